The molecule has 6 nitrogen and oxygen atoms in total. The van der Waals surface area contributed by atoms with Gasteiger partial charge in [-0.2, -0.15) is 0 Å². The third kappa shape index (κ3) is 4.52. The lowest BCUT2D eigenvalue weighted by Crippen LogP contribution is -2.45. The Hall–Kier alpha value is -1.86. The van der Waals surface area contributed by atoms with E-state index < -0.39 is 9.84 Å². The number of carbonyl (C=O) groups is 1. The van der Waals surface area contributed by atoms with Crippen molar-refractivity contribution >= 4 is 26.6 Å². The van der Waals surface area contributed by atoms with Gasteiger partial charge in [-0.05, 0) is 39.1 Å². The molecule has 27 heavy (non-hydrogen) atoms. The molecule has 0 bridgehead atoms. The van der Waals surface area contributed by atoms with Gasteiger partial charge in [0, 0.05) is 42.8 Å². The minimum absolute atomic E-state index is 0.0120. The van der Waals surface area contributed by atoms with E-state index in [0.717, 1.165) is 29.6 Å². The molecule has 1 amide bonds. The Morgan fingerprint density at radius 3 is 2.59 bits per heavy atom. The molecule has 1 unspecified atom stereocenters. The zero-order valence-electron chi connectivity index (χ0n) is 16.4. The normalized spacial score (nSPS) is 19.0. The molecule has 2 aromatic rings. The number of hydrogen-bond donors (Lipinski definition) is 0. The van der Waals surface area contributed by atoms with E-state index in [1.54, 1.807) is 4.90 Å². The van der Waals surface area contributed by atoms with Gasteiger partial charge in [0.2, 0.25) is 5.91 Å². The molecule has 1 aliphatic heterocycles. The number of fused-ring (bicyclic) bond motifs is 1. The molecule has 1 aromatic heterocycles. The molecule has 7 heteroatoms. The maximum atomic E-state index is 13.2. The molecule has 1 aliphatic rings. The van der Waals surface area contributed by atoms with Gasteiger partial charge in [-0.1, -0.05) is 18.2 Å². The van der Waals surface area contributed by atoms with E-state index in [1.165, 1.54) is 0 Å². The second kappa shape index (κ2) is 8.02. The Morgan fingerprint density at radius 2 is 1.96 bits per heavy atom. The quantitative estimate of drug-likeness (QED) is 0.722. The maximum Gasteiger partial charge on any atom is 0.227 e. The molecule has 148 valence electrons. The fourth-order valence-electron chi connectivity index (χ4n) is 3.83. The first-order chi connectivity index (χ1) is 12.8. The maximum absolute atomic E-state index is 13.2. The van der Waals surface area contributed by atoms with Gasteiger partial charge in [-0.25, -0.2) is 8.42 Å². The van der Waals surface area contributed by atoms with Crippen LogP contribution in [0.5, 0.6) is 0 Å². The molecule has 0 aliphatic carbocycles. The van der Waals surface area contributed by atoms with E-state index >= 15 is 0 Å². The average molecular weight is 392 g/mol. The number of likely N-dealkylation sites (N-methyl/N-ethyl adjacent to an activating group) is 1. The highest BCUT2D eigenvalue weighted by molar-refractivity contribution is 7.91. The van der Waals surface area contributed by atoms with Crippen LogP contribution in [0.25, 0.3) is 10.9 Å². The summed E-state index contributed by atoms with van der Waals surface area (Å²) in [5.74, 6) is 0.277. The van der Waals surface area contributed by atoms with Crippen LogP contribution in [0.1, 0.15) is 18.9 Å². The number of para-hydroxylation sites is 1. The van der Waals surface area contributed by atoms with Crippen LogP contribution in [0.4, 0.5) is 0 Å². The number of sulfone groups is 1. The number of rotatable bonds is 7. The van der Waals surface area contributed by atoms with E-state index in [2.05, 4.69) is 23.8 Å². The van der Waals surface area contributed by atoms with Crippen molar-refractivity contribution < 1.29 is 13.2 Å². The van der Waals surface area contributed by atoms with Crippen LogP contribution in [0.3, 0.4) is 0 Å². The third-order valence-corrected chi connectivity index (χ3v) is 7.06. The predicted molar refractivity (Wildman–Crippen MR) is 109 cm³/mol. The van der Waals surface area contributed by atoms with Gasteiger partial charge >= 0.3 is 0 Å². The highest BCUT2D eigenvalue weighted by Gasteiger charge is 2.34. The molecule has 1 atom stereocenters. The minimum atomic E-state index is -3.03. The van der Waals surface area contributed by atoms with E-state index in [-0.39, 0.29) is 23.5 Å². The van der Waals surface area contributed by atoms with Crippen LogP contribution in [0, 0.1) is 0 Å². The predicted octanol–water partition coefficient (Wildman–Crippen LogP) is 1.78. The molecule has 0 spiro atoms. The van der Waals surface area contributed by atoms with Crippen molar-refractivity contribution in [1.29, 1.82) is 0 Å². The van der Waals surface area contributed by atoms with Crippen LogP contribution in [-0.4, -0.2) is 73.4 Å². The van der Waals surface area contributed by atoms with E-state index in [0.29, 0.717) is 19.4 Å². The average Bonchev–Trinajstić information content (AvgIpc) is 3.15. The fraction of sp³-hybridized carbons (Fsp3) is 0.550. The first-order valence-corrected chi connectivity index (χ1v) is 11.3. The van der Waals surface area contributed by atoms with Gasteiger partial charge in [0.05, 0.1) is 17.9 Å². The number of hydrogen-bond acceptors (Lipinski definition) is 4. The Kier molecular flexibility index (Phi) is 5.91. The summed E-state index contributed by atoms with van der Waals surface area (Å²) in [5, 5.41) is 1.10. The third-order valence-electron chi connectivity index (χ3n) is 5.31. The summed E-state index contributed by atoms with van der Waals surface area (Å²) < 4.78 is 26.0. The smallest absolute Gasteiger partial charge is 0.227 e. The van der Waals surface area contributed by atoms with Crippen molar-refractivity contribution in [3.8, 4) is 0 Å². The van der Waals surface area contributed by atoms with E-state index in [9.17, 15) is 13.2 Å². The molecule has 3 rings (SSSR count). The van der Waals surface area contributed by atoms with E-state index in [1.807, 2.05) is 37.2 Å². The summed E-state index contributed by atoms with van der Waals surface area (Å²) >= 11 is 0. The zero-order chi connectivity index (χ0) is 19.6. The molecular weight excluding hydrogens is 362 g/mol. The van der Waals surface area contributed by atoms with Crippen LogP contribution >= 0.6 is 0 Å². The van der Waals surface area contributed by atoms with Crippen LogP contribution < -0.4 is 0 Å². The SMILES string of the molecule is CCn1cc(CC(=O)N(CCN(C)C)C2CCS(=O)(=O)C2)c2ccccc21. The molecule has 1 fully saturated rings. The Balaban J connectivity index is 1.84. The molecule has 1 aromatic carbocycles. The number of aryl methyl sites for hydroxylation is 1. The van der Waals surface area contributed by atoms with Crippen molar-refractivity contribution in [2.45, 2.75) is 32.4 Å². The van der Waals surface area contributed by atoms with Crippen LogP contribution in [0.15, 0.2) is 30.5 Å². The van der Waals surface area contributed by atoms with E-state index in [4.69, 9.17) is 0 Å². The number of benzene rings is 1. The summed E-state index contributed by atoms with van der Waals surface area (Å²) in [6.07, 6.45) is 2.90. The summed E-state index contributed by atoms with van der Waals surface area (Å²) in [7, 11) is 0.891. The van der Waals surface area contributed by atoms with Gasteiger partial charge in [-0.15, -0.1) is 0 Å². The van der Waals surface area contributed by atoms with Crippen molar-refractivity contribution in [3.05, 3.63) is 36.0 Å². The molecule has 0 N–H and O–H groups in total. The fourth-order valence-corrected chi connectivity index (χ4v) is 5.56. The molecule has 0 saturated carbocycles. The van der Waals surface area contributed by atoms with Gasteiger partial charge in [-0.3, -0.25) is 4.79 Å². The lowest BCUT2D eigenvalue weighted by Gasteiger charge is -2.29. The molecule has 0 radical (unpaired) electrons. The Bertz CT molecular complexity index is 918. The standard InChI is InChI=1S/C20H29N3O3S/c1-4-22-14-16(18-7-5-6-8-19(18)22)13-20(24)23(11-10-21(2)3)17-9-12-27(25,26)15-17/h5-8,14,17H,4,9-13,15H2,1-3H3. The van der Waals surface area contributed by atoms with Crippen molar-refractivity contribution in [2.75, 3.05) is 38.7 Å². The highest BCUT2D eigenvalue weighted by atomic mass is 32.2. The number of nitrogens with zero attached hydrogens (tertiary/aromatic N) is 3. The van der Waals surface area contributed by atoms with Crippen LogP contribution in [0.2, 0.25) is 0 Å². The topological polar surface area (TPSA) is 62.6 Å². The van der Waals surface area contributed by atoms with Crippen molar-refractivity contribution in [1.82, 2.24) is 14.4 Å². The number of aromatic nitrogens is 1. The molecule has 1 saturated heterocycles. The van der Waals surface area contributed by atoms with Crippen molar-refractivity contribution in [2.24, 2.45) is 0 Å². The zero-order valence-corrected chi connectivity index (χ0v) is 17.2. The summed E-state index contributed by atoms with van der Waals surface area (Å²) in [4.78, 5) is 17.0. The Labute approximate surface area is 161 Å². The summed E-state index contributed by atoms with van der Waals surface area (Å²) in [6, 6.07) is 7.91. The second-order valence-corrected chi connectivity index (χ2v) is 9.81. The van der Waals surface area contributed by atoms with Crippen molar-refractivity contribution in [3.63, 3.8) is 0 Å². The lowest BCUT2D eigenvalue weighted by molar-refractivity contribution is -0.132. The minimum Gasteiger partial charge on any atom is -0.347 e. The first-order valence-electron chi connectivity index (χ1n) is 9.52. The van der Waals surface area contributed by atoms with Gasteiger partial charge in [0.15, 0.2) is 9.84 Å². The Morgan fingerprint density at radius 1 is 1.22 bits per heavy atom. The monoisotopic (exact) mass is 391 g/mol. The van der Waals surface area contributed by atoms with Gasteiger partial charge in [0.25, 0.3) is 0 Å². The summed E-state index contributed by atoms with van der Waals surface area (Å²) in [5.41, 5.74) is 2.14. The van der Waals surface area contributed by atoms with Gasteiger partial charge < -0.3 is 14.4 Å². The highest BCUT2D eigenvalue weighted by Crippen LogP contribution is 2.24. The summed E-state index contributed by atoms with van der Waals surface area (Å²) in [6.45, 7) is 4.21. The molecular formula is C20H29N3O3S. The largest absolute Gasteiger partial charge is 0.347 e. The van der Waals surface area contributed by atoms with Gasteiger partial charge in [0.1, 0.15) is 0 Å². The number of amides is 1. The second-order valence-electron chi connectivity index (χ2n) is 7.58. The lowest BCUT2D eigenvalue weighted by atomic mass is 10.1. The number of carbonyl (C=O) groups excluding carboxylic acids is 1. The first kappa shape index (κ1) is 19.9. The molecule has 2 heterocycles. The van der Waals surface area contributed by atoms with Crippen LogP contribution in [-0.2, 0) is 27.6 Å².